The second-order valence-corrected chi connectivity index (χ2v) is 7.13. The molecular formula is C22H29N3O. The number of pyridine rings is 1. The summed E-state index contributed by atoms with van der Waals surface area (Å²) in [5.74, 6) is 0.208. The fraction of sp³-hybridized carbons (Fsp3) is 0.455. The number of nitrogens with zero attached hydrogens (tertiary/aromatic N) is 3. The van der Waals surface area contributed by atoms with Gasteiger partial charge in [0.2, 0.25) is 5.91 Å². The average molecular weight is 351 g/mol. The Hall–Kier alpha value is -2.36. The maximum atomic E-state index is 12.4. The number of rotatable bonds is 7. The van der Waals surface area contributed by atoms with Gasteiger partial charge in [0.05, 0.1) is 0 Å². The third kappa shape index (κ3) is 5.32. The summed E-state index contributed by atoms with van der Waals surface area (Å²) in [6.45, 7) is 3.08. The SMILES string of the molecule is CN(CCc1ccncc1)C(=O)CCc1ccc(N2CCCCC2)cc1. The summed E-state index contributed by atoms with van der Waals surface area (Å²) in [6.07, 6.45) is 9.77. The highest BCUT2D eigenvalue weighted by Gasteiger charge is 2.12. The molecule has 0 atom stereocenters. The van der Waals surface area contributed by atoms with Crippen LogP contribution in [-0.2, 0) is 17.6 Å². The van der Waals surface area contributed by atoms with Crippen molar-refractivity contribution >= 4 is 11.6 Å². The van der Waals surface area contributed by atoms with Crippen LogP contribution in [0.5, 0.6) is 0 Å². The molecule has 1 aliphatic heterocycles. The van der Waals surface area contributed by atoms with Crippen LogP contribution in [0.25, 0.3) is 0 Å². The van der Waals surface area contributed by atoms with Gasteiger partial charge < -0.3 is 9.80 Å². The van der Waals surface area contributed by atoms with E-state index < -0.39 is 0 Å². The van der Waals surface area contributed by atoms with Gasteiger partial charge >= 0.3 is 0 Å². The van der Waals surface area contributed by atoms with Crippen molar-refractivity contribution in [1.82, 2.24) is 9.88 Å². The van der Waals surface area contributed by atoms with E-state index in [1.807, 2.05) is 24.1 Å². The van der Waals surface area contributed by atoms with Gasteiger partial charge in [-0.15, -0.1) is 0 Å². The molecule has 3 rings (SSSR count). The van der Waals surface area contributed by atoms with Crippen LogP contribution in [0.15, 0.2) is 48.8 Å². The first kappa shape index (κ1) is 18.4. The zero-order valence-electron chi connectivity index (χ0n) is 15.7. The Morgan fingerprint density at radius 2 is 1.62 bits per heavy atom. The first-order chi connectivity index (χ1) is 12.7. The summed E-state index contributed by atoms with van der Waals surface area (Å²) in [4.78, 5) is 20.7. The van der Waals surface area contributed by atoms with Crippen LogP contribution in [0.2, 0.25) is 0 Å². The summed E-state index contributed by atoms with van der Waals surface area (Å²) >= 11 is 0. The predicted octanol–water partition coefficient (Wildman–Crippen LogP) is 3.71. The summed E-state index contributed by atoms with van der Waals surface area (Å²) < 4.78 is 0. The number of likely N-dealkylation sites (N-methyl/N-ethyl adjacent to an activating group) is 1. The Balaban J connectivity index is 1.43. The number of aryl methyl sites for hydroxylation is 1. The van der Waals surface area contributed by atoms with Gasteiger partial charge in [-0.1, -0.05) is 12.1 Å². The molecule has 4 heteroatoms. The van der Waals surface area contributed by atoms with E-state index in [0.29, 0.717) is 6.42 Å². The van der Waals surface area contributed by atoms with Gasteiger partial charge in [0.15, 0.2) is 0 Å². The number of hydrogen-bond acceptors (Lipinski definition) is 3. The van der Waals surface area contributed by atoms with Gasteiger partial charge in [0, 0.05) is 51.2 Å². The van der Waals surface area contributed by atoms with E-state index in [2.05, 4.69) is 34.1 Å². The molecule has 1 amide bonds. The molecule has 1 saturated heterocycles. The van der Waals surface area contributed by atoms with Gasteiger partial charge in [0.1, 0.15) is 0 Å². The topological polar surface area (TPSA) is 36.4 Å². The van der Waals surface area contributed by atoms with E-state index >= 15 is 0 Å². The highest BCUT2D eigenvalue weighted by molar-refractivity contribution is 5.76. The third-order valence-corrected chi connectivity index (χ3v) is 5.20. The van der Waals surface area contributed by atoms with E-state index in [-0.39, 0.29) is 5.91 Å². The molecule has 26 heavy (non-hydrogen) atoms. The second kappa shape index (κ2) is 9.37. The molecule has 0 spiro atoms. The number of carbonyl (C=O) groups excluding carboxylic acids is 1. The molecule has 1 aliphatic rings. The van der Waals surface area contributed by atoms with Crippen LogP contribution in [0.3, 0.4) is 0 Å². The molecule has 0 unspecified atom stereocenters. The highest BCUT2D eigenvalue weighted by atomic mass is 16.2. The summed E-state index contributed by atoms with van der Waals surface area (Å²) in [7, 11) is 1.89. The fourth-order valence-corrected chi connectivity index (χ4v) is 3.44. The summed E-state index contributed by atoms with van der Waals surface area (Å²) in [5.41, 5.74) is 3.77. The third-order valence-electron chi connectivity index (χ3n) is 5.20. The maximum absolute atomic E-state index is 12.4. The molecule has 0 bridgehead atoms. The smallest absolute Gasteiger partial charge is 0.222 e. The van der Waals surface area contributed by atoms with E-state index in [4.69, 9.17) is 0 Å². The standard InChI is InChI=1S/C22H29N3O/c1-24(18-13-20-11-14-23-15-12-20)22(26)10-7-19-5-8-21(9-6-19)25-16-3-2-4-17-25/h5-6,8-9,11-12,14-15H,2-4,7,10,13,16-18H2,1H3. The monoisotopic (exact) mass is 351 g/mol. The van der Waals surface area contributed by atoms with Crippen molar-refractivity contribution in [2.24, 2.45) is 0 Å². The van der Waals surface area contributed by atoms with Crippen molar-refractivity contribution < 1.29 is 4.79 Å². The molecule has 4 nitrogen and oxygen atoms in total. The largest absolute Gasteiger partial charge is 0.372 e. The minimum absolute atomic E-state index is 0.208. The number of piperidine rings is 1. The normalized spacial score (nSPS) is 14.3. The Labute approximate surface area is 156 Å². The predicted molar refractivity (Wildman–Crippen MR) is 106 cm³/mol. The van der Waals surface area contributed by atoms with E-state index in [1.165, 1.54) is 49.2 Å². The molecule has 2 aromatic rings. The van der Waals surface area contributed by atoms with Crippen molar-refractivity contribution in [2.45, 2.75) is 38.5 Å². The van der Waals surface area contributed by atoms with E-state index in [9.17, 15) is 4.79 Å². The lowest BCUT2D eigenvalue weighted by molar-refractivity contribution is -0.129. The summed E-state index contributed by atoms with van der Waals surface area (Å²) in [6, 6.07) is 12.8. The van der Waals surface area contributed by atoms with Crippen LogP contribution in [0, 0.1) is 0 Å². The molecular weight excluding hydrogens is 322 g/mol. The lowest BCUT2D eigenvalue weighted by atomic mass is 10.1. The zero-order valence-corrected chi connectivity index (χ0v) is 15.7. The van der Waals surface area contributed by atoms with Gasteiger partial charge in [-0.05, 0) is 67.5 Å². The lowest BCUT2D eigenvalue weighted by Crippen LogP contribution is -2.29. The molecule has 0 aliphatic carbocycles. The molecule has 1 fully saturated rings. The highest BCUT2D eigenvalue weighted by Crippen LogP contribution is 2.20. The van der Waals surface area contributed by atoms with Gasteiger partial charge in [-0.2, -0.15) is 0 Å². The van der Waals surface area contributed by atoms with Crippen molar-refractivity contribution in [3.05, 3.63) is 59.9 Å². The van der Waals surface area contributed by atoms with Gasteiger partial charge in [-0.25, -0.2) is 0 Å². The minimum atomic E-state index is 0.208. The van der Waals surface area contributed by atoms with Crippen molar-refractivity contribution in [3.8, 4) is 0 Å². The lowest BCUT2D eigenvalue weighted by Gasteiger charge is -2.28. The van der Waals surface area contributed by atoms with Crippen molar-refractivity contribution in [1.29, 1.82) is 0 Å². The molecule has 0 radical (unpaired) electrons. The number of amides is 1. The van der Waals surface area contributed by atoms with Crippen molar-refractivity contribution in [2.75, 3.05) is 31.6 Å². The quantitative estimate of drug-likeness (QED) is 0.763. The minimum Gasteiger partial charge on any atom is -0.372 e. The Morgan fingerprint density at radius 1 is 0.962 bits per heavy atom. The molecule has 1 aromatic carbocycles. The van der Waals surface area contributed by atoms with Crippen LogP contribution in [0.1, 0.15) is 36.8 Å². The Bertz CT molecular complexity index is 678. The van der Waals surface area contributed by atoms with E-state index in [0.717, 1.165) is 19.4 Å². The van der Waals surface area contributed by atoms with Crippen LogP contribution in [0.4, 0.5) is 5.69 Å². The van der Waals surface area contributed by atoms with E-state index in [1.54, 1.807) is 12.4 Å². The second-order valence-electron chi connectivity index (χ2n) is 7.13. The number of aromatic nitrogens is 1. The first-order valence-electron chi connectivity index (χ1n) is 9.69. The van der Waals surface area contributed by atoms with Crippen LogP contribution >= 0.6 is 0 Å². The first-order valence-corrected chi connectivity index (χ1v) is 9.69. The Morgan fingerprint density at radius 3 is 2.31 bits per heavy atom. The molecule has 0 N–H and O–H groups in total. The van der Waals surface area contributed by atoms with Crippen molar-refractivity contribution in [3.63, 3.8) is 0 Å². The van der Waals surface area contributed by atoms with Gasteiger partial charge in [0.25, 0.3) is 0 Å². The van der Waals surface area contributed by atoms with Crippen LogP contribution in [-0.4, -0.2) is 42.5 Å². The number of carbonyl (C=O) groups is 1. The average Bonchev–Trinajstić information content (AvgIpc) is 2.72. The molecule has 0 saturated carbocycles. The zero-order chi connectivity index (χ0) is 18.2. The van der Waals surface area contributed by atoms with Gasteiger partial charge in [-0.3, -0.25) is 9.78 Å². The maximum Gasteiger partial charge on any atom is 0.222 e. The number of anilines is 1. The summed E-state index contributed by atoms with van der Waals surface area (Å²) in [5, 5.41) is 0. The molecule has 2 heterocycles. The fourth-order valence-electron chi connectivity index (χ4n) is 3.44. The molecule has 138 valence electrons. The number of hydrogen-bond donors (Lipinski definition) is 0. The molecule has 1 aromatic heterocycles. The number of benzene rings is 1. The Kier molecular flexibility index (Phi) is 6.64. The van der Waals surface area contributed by atoms with Crippen LogP contribution < -0.4 is 4.90 Å².